The SMILES string of the molecule is CCCc1cc(C(C)(C)C)cc2c1CCN(C)C2. The van der Waals surface area contributed by atoms with Crippen LogP contribution >= 0.6 is 0 Å². The number of likely N-dealkylation sites (N-methyl/N-ethyl adjacent to an activating group) is 1. The summed E-state index contributed by atoms with van der Waals surface area (Å²) in [7, 11) is 2.23. The minimum atomic E-state index is 0.257. The summed E-state index contributed by atoms with van der Waals surface area (Å²) in [4.78, 5) is 2.44. The van der Waals surface area contributed by atoms with Crippen LogP contribution < -0.4 is 0 Å². The van der Waals surface area contributed by atoms with Crippen molar-refractivity contribution in [2.75, 3.05) is 13.6 Å². The van der Waals surface area contributed by atoms with Crippen molar-refractivity contribution in [2.45, 2.75) is 58.9 Å². The van der Waals surface area contributed by atoms with E-state index in [1.165, 1.54) is 31.4 Å². The predicted octanol–water partition coefficient (Wildman–Crippen LogP) is 3.92. The number of nitrogens with zero attached hydrogens (tertiary/aromatic N) is 1. The highest BCUT2D eigenvalue weighted by Crippen LogP contribution is 2.30. The van der Waals surface area contributed by atoms with E-state index in [0.717, 1.165) is 6.54 Å². The standard InChI is InChI=1S/C17H27N/c1-6-7-13-10-15(17(2,3)4)11-14-12-18(5)9-8-16(13)14/h10-11H,6-9,12H2,1-5H3. The third-order valence-electron chi connectivity index (χ3n) is 4.00. The number of fused-ring (bicyclic) bond motifs is 1. The van der Waals surface area contributed by atoms with E-state index in [4.69, 9.17) is 0 Å². The zero-order valence-electron chi connectivity index (χ0n) is 12.6. The molecule has 0 saturated heterocycles. The molecular formula is C17H27N. The first-order chi connectivity index (χ1) is 8.41. The minimum absolute atomic E-state index is 0.257. The Morgan fingerprint density at radius 1 is 1.22 bits per heavy atom. The van der Waals surface area contributed by atoms with Crippen molar-refractivity contribution in [1.82, 2.24) is 4.90 Å². The molecule has 1 aliphatic heterocycles. The summed E-state index contributed by atoms with van der Waals surface area (Å²) in [6.07, 6.45) is 3.71. The Hall–Kier alpha value is -0.820. The lowest BCUT2D eigenvalue weighted by Crippen LogP contribution is -2.28. The van der Waals surface area contributed by atoms with Crippen molar-refractivity contribution < 1.29 is 0 Å². The number of hydrogen-bond acceptors (Lipinski definition) is 1. The molecule has 1 nitrogen and oxygen atoms in total. The van der Waals surface area contributed by atoms with Crippen LogP contribution in [0, 0.1) is 0 Å². The van der Waals surface area contributed by atoms with Gasteiger partial charge in [-0.25, -0.2) is 0 Å². The van der Waals surface area contributed by atoms with Gasteiger partial charge in [0.05, 0.1) is 0 Å². The normalized spacial score (nSPS) is 16.7. The van der Waals surface area contributed by atoms with E-state index >= 15 is 0 Å². The fourth-order valence-corrected chi connectivity index (χ4v) is 2.86. The molecule has 1 aromatic carbocycles. The molecule has 0 N–H and O–H groups in total. The highest BCUT2D eigenvalue weighted by atomic mass is 15.1. The van der Waals surface area contributed by atoms with Crippen LogP contribution in [0.25, 0.3) is 0 Å². The van der Waals surface area contributed by atoms with Gasteiger partial charge in [-0.1, -0.05) is 46.2 Å². The van der Waals surface area contributed by atoms with Crippen LogP contribution in [-0.4, -0.2) is 18.5 Å². The fraction of sp³-hybridized carbons (Fsp3) is 0.647. The topological polar surface area (TPSA) is 3.24 Å². The maximum atomic E-state index is 2.47. The molecule has 0 saturated carbocycles. The van der Waals surface area contributed by atoms with Gasteiger partial charge in [0.1, 0.15) is 0 Å². The molecule has 0 unspecified atom stereocenters. The Balaban J connectivity index is 2.48. The molecule has 2 rings (SSSR count). The fourth-order valence-electron chi connectivity index (χ4n) is 2.86. The van der Waals surface area contributed by atoms with E-state index in [1.54, 1.807) is 16.7 Å². The third-order valence-corrected chi connectivity index (χ3v) is 4.00. The average molecular weight is 245 g/mol. The van der Waals surface area contributed by atoms with Crippen molar-refractivity contribution >= 4 is 0 Å². The molecule has 0 spiro atoms. The lowest BCUT2D eigenvalue weighted by Gasteiger charge is -2.30. The van der Waals surface area contributed by atoms with Gasteiger partial charge in [0.2, 0.25) is 0 Å². The second-order valence-electron chi connectivity index (χ2n) is 6.76. The summed E-state index contributed by atoms with van der Waals surface area (Å²) in [5.41, 5.74) is 6.57. The van der Waals surface area contributed by atoms with Crippen LogP contribution in [0.5, 0.6) is 0 Å². The minimum Gasteiger partial charge on any atom is -0.302 e. The molecule has 1 aliphatic rings. The molecule has 0 bridgehead atoms. The van der Waals surface area contributed by atoms with Crippen molar-refractivity contribution in [3.63, 3.8) is 0 Å². The van der Waals surface area contributed by atoms with Gasteiger partial charge in [-0.05, 0) is 47.6 Å². The van der Waals surface area contributed by atoms with E-state index in [-0.39, 0.29) is 5.41 Å². The maximum absolute atomic E-state index is 2.47. The Labute approximate surface area is 112 Å². The zero-order valence-corrected chi connectivity index (χ0v) is 12.6. The Kier molecular flexibility index (Phi) is 3.82. The van der Waals surface area contributed by atoms with Crippen LogP contribution in [0.3, 0.4) is 0 Å². The Morgan fingerprint density at radius 3 is 2.56 bits per heavy atom. The maximum Gasteiger partial charge on any atom is 0.0233 e. The second kappa shape index (κ2) is 5.05. The van der Waals surface area contributed by atoms with E-state index in [2.05, 4.69) is 51.8 Å². The van der Waals surface area contributed by atoms with Gasteiger partial charge in [0.15, 0.2) is 0 Å². The quantitative estimate of drug-likeness (QED) is 0.763. The number of aryl methyl sites for hydroxylation is 1. The lowest BCUT2D eigenvalue weighted by molar-refractivity contribution is 0.311. The summed E-state index contributed by atoms with van der Waals surface area (Å²) in [5, 5.41) is 0. The monoisotopic (exact) mass is 245 g/mol. The van der Waals surface area contributed by atoms with Crippen molar-refractivity contribution in [3.05, 3.63) is 34.4 Å². The highest BCUT2D eigenvalue weighted by Gasteiger charge is 2.21. The van der Waals surface area contributed by atoms with Crippen LogP contribution in [0.15, 0.2) is 12.1 Å². The largest absolute Gasteiger partial charge is 0.302 e. The summed E-state index contributed by atoms with van der Waals surface area (Å²) in [6.45, 7) is 11.6. The number of rotatable bonds is 2. The molecular weight excluding hydrogens is 218 g/mol. The summed E-state index contributed by atoms with van der Waals surface area (Å²) < 4.78 is 0. The van der Waals surface area contributed by atoms with Crippen molar-refractivity contribution in [1.29, 1.82) is 0 Å². The van der Waals surface area contributed by atoms with E-state index in [1.807, 2.05) is 0 Å². The van der Waals surface area contributed by atoms with E-state index in [0.29, 0.717) is 0 Å². The Bertz CT molecular complexity index is 409. The van der Waals surface area contributed by atoms with Crippen LogP contribution in [0.1, 0.15) is 56.4 Å². The third kappa shape index (κ3) is 2.77. The van der Waals surface area contributed by atoms with Crippen molar-refractivity contribution in [3.8, 4) is 0 Å². The van der Waals surface area contributed by atoms with Gasteiger partial charge in [-0.2, -0.15) is 0 Å². The number of hydrogen-bond donors (Lipinski definition) is 0. The van der Waals surface area contributed by atoms with Gasteiger partial charge in [0, 0.05) is 13.1 Å². The van der Waals surface area contributed by atoms with E-state index in [9.17, 15) is 0 Å². The van der Waals surface area contributed by atoms with Crippen LogP contribution in [-0.2, 0) is 24.8 Å². The molecule has 1 heteroatoms. The predicted molar refractivity (Wildman–Crippen MR) is 79.2 cm³/mol. The molecule has 0 aliphatic carbocycles. The summed E-state index contributed by atoms with van der Waals surface area (Å²) in [6, 6.07) is 4.91. The molecule has 0 radical (unpaired) electrons. The molecule has 1 heterocycles. The number of benzene rings is 1. The van der Waals surface area contributed by atoms with Crippen molar-refractivity contribution in [2.24, 2.45) is 0 Å². The highest BCUT2D eigenvalue weighted by molar-refractivity contribution is 5.43. The van der Waals surface area contributed by atoms with Gasteiger partial charge >= 0.3 is 0 Å². The molecule has 0 fully saturated rings. The first kappa shape index (κ1) is 13.6. The summed E-state index contributed by atoms with van der Waals surface area (Å²) in [5.74, 6) is 0. The van der Waals surface area contributed by atoms with Gasteiger partial charge < -0.3 is 4.90 Å². The molecule has 0 aromatic heterocycles. The molecule has 0 amide bonds. The van der Waals surface area contributed by atoms with E-state index < -0.39 is 0 Å². The Morgan fingerprint density at radius 2 is 1.94 bits per heavy atom. The zero-order chi connectivity index (χ0) is 13.3. The van der Waals surface area contributed by atoms with Gasteiger partial charge in [-0.15, -0.1) is 0 Å². The molecule has 1 aromatic rings. The van der Waals surface area contributed by atoms with Gasteiger partial charge in [-0.3, -0.25) is 0 Å². The second-order valence-corrected chi connectivity index (χ2v) is 6.76. The summed E-state index contributed by atoms with van der Waals surface area (Å²) >= 11 is 0. The lowest BCUT2D eigenvalue weighted by atomic mass is 9.81. The average Bonchev–Trinajstić information content (AvgIpc) is 2.27. The molecule has 0 atom stereocenters. The van der Waals surface area contributed by atoms with Crippen LogP contribution in [0.4, 0.5) is 0 Å². The first-order valence-electron chi connectivity index (χ1n) is 7.25. The molecule has 18 heavy (non-hydrogen) atoms. The first-order valence-corrected chi connectivity index (χ1v) is 7.25. The van der Waals surface area contributed by atoms with Gasteiger partial charge in [0.25, 0.3) is 0 Å². The van der Waals surface area contributed by atoms with Crippen LogP contribution in [0.2, 0.25) is 0 Å². The molecule has 100 valence electrons. The smallest absolute Gasteiger partial charge is 0.0233 e.